The zero-order valence-corrected chi connectivity index (χ0v) is 12.9. The number of tetrazole rings is 1. The van der Waals surface area contributed by atoms with Crippen molar-refractivity contribution >= 4 is 11.3 Å². The van der Waals surface area contributed by atoms with Crippen molar-refractivity contribution in [2.75, 3.05) is 5.32 Å². The summed E-state index contributed by atoms with van der Waals surface area (Å²) < 4.78 is 5.77. The number of anilines is 1. The molecule has 0 aliphatic heterocycles. The minimum atomic E-state index is 0.240. The highest BCUT2D eigenvalue weighted by molar-refractivity contribution is 5.74. The van der Waals surface area contributed by atoms with Gasteiger partial charge in [-0.05, 0) is 48.5 Å². The molecule has 2 N–H and O–H groups in total. The first-order valence-corrected chi connectivity index (χ1v) is 7.20. The van der Waals surface area contributed by atoms with Gasteiger partial charge in [0.25, 0.3) is 0 Å². The predicted octanol–water partition coefficient (Wildman–Crippen LogP) is 3.28. The molecule has 0 saturated heterocycles. The van der Waals surface area contributed by atoms with E-state index >= 15 is 0 Å². The molecule has 7 heteroatoms. The van der Waals surface area contributed by atoms with E-state index in [2.05, 4.69) is 25.9 Å². The number of hydrogen-bond donors (Lipinski definition) is 2. The summed E-state index contributed by atoms with van der Waals surface area (Å²) in [6, 6.07) is 17.2. The number of allylic oxidation sites excluding steroid dienone is 1. The van der Waals surface area contributed by atoms with Crippen LogP contribution in [0.1, 0.15) is 11.4 Å². The first-order valence-electron chi connectivity index (χ1n) is 7.20. The van der Waals surface area contributed by atoms with Crippen LogP contribution in [-0.4, -0.2) is 20.6 Å². The summed E-state index contributed by atoms with van der Waals surface area (Å²) in [5, 5.41) is 25.4. The van der Waals surface area contributed by atoms with Crippen molar-refractivity contribution in [3.63, 3.8) is 0 Å². The van der Waals surface area contributed by atoms with E-state index in [4.69, 9.17) is 10.00 Å². The van der Waals surface area contributed by atoms with Crippen LogP contribution in [0.25, 0.3) is 5.57 Å². The molecule has 0 spiro atoms. The molecular formula is C17H14N6O. The molecule has 0 fully saturated rings. The summed E-state index contributed by atoms with van der Waals surface area (Å²) in [6.07, 6.45) is 1.53. The zero-order valence-electron chi connectivity index (χ0n) is 12.9. The summed E-state index contributed by atoms with van der Waals surface area (Å²) in [6.45, 7) is 2.03. The fourth-order valence-corrected chi connectivity index (χ4v) is 1.94. The van der Waals surface area contributed by atoms with E-state index in [1.54, 1.807) is 0 Å². The fraction of sp³-hybridized carbons (Fsp3) is 0.0588. The Kier molecular flexibility index (Phi) is 4.49. The van der Waals surface area contributed by atoms with E-state index in [0.29, 0.717) is 0 Å². The topological polar surface area (TPSA) is 99.5 Å². The van der Waals surface area contributed by atoms with Crippen LogP contribution >= 0.6 is 0 Å². The number of aromatic nitrogens is 4. The van der Waals surface area contributed by atoms with Crippen molar-refractivity contribution in [2.24, 2.45) is 0 Å². The number of nitrogens with zero attached hydrogens (tertiary/aromatic N) is 4. The maximum atomic E-state index is 9.10. The summed E-state index contributed by atoms with van der Waals surface area (Å²) >= 11 is 0. The number of nitriles is 1. The smallest absolute Gasteiger partial charge is 0.216 e. The van der Waals surface area contributed by atoms with Gasteiger partial charge in [-0.15, -0.1) is 10.2 Å². The van der Waals surface area contributed by atoms with Crippen LogP contribution < -0.4 is 10.1 Å². The second-order valence-corrected chi connectivity index (χ2v) is 4.99. The SMILES string of the molecule is Cc1ccc(Oc2ccc(NC=C(C#N)c3nn[nH]n3)cc2)cc1. The number of nitrogens with one attached hydrogen (secondary N) is 2. The highest BCUT2D eigenvalue weighted by atomic mass is 16.5. The lowest BCUT2D eigenvalue weighted by molar-refractivity contribution is 0.482. The lowest BCUT2D eigenvalue weighted by atomic mass is 10.2. The Hall–Kier alpha value is -3.66. The van der Waals surface area contributed by atoms with Crippen LogP contribution in [-0.2, 0) is 0 Å². The van der Waals surface area contributed by atoms with Crippen LogP contribution in [0.4, 0.5) is 5.69 Å². The number of aryl methyl sites for hydroxylation is 1. The minimum absolute atomic E-state index is 0.240. The van der Waals surface area contributed by atoms with Gasteiger partial charge in [0.1, 0.15) is 23.1 Å². The Bertz CT molecular complexity index is 861. The summed E-state index contributed by atoms with van der Waals surface area (Å²) in [5.41, 5.74) is 2.27. The van der Waals surface area contributed by atoms with E-state index in [0.717, 1.165) is 17.2 Å². The number of H-pyrrole nitrogens is 1. The standard InChI is InChI=1S/C17H14N6O/c1-12-2-6-15(7-3-12)24-16-8-4-14(5-9-16)19-11-13(10-18)17-20-22-23-21-17/h2-9,11,19H,1H3,(H,20,21,22,23). The van der Waals surface area contributed by atoms with Gasteiger partial charge in [-0.25, -0.2) is 0 Å². The first kappa shape index (κ1) is 15.2. The average Bonchev–Trinajstić information content (AvgIpc) is 3.13. The van der Waals surface area contributed by atoms with Crippen LogP contribution in [0, 0.1) is 18.3 Å². The highest BCUT2D eigenvalue weighted by Gasteiger charge is 2.05. The van der Waals surface area contributed by atoms with E-state index in [1.807, 2.05) is 61.5 Å². The molecular weight excluding hydrogens is 304 g/mol. The second-order valence-electron chi connectivity index (χ2n) is 4.99. The molecule has 0 aliphatic rings. The fourth-order valence-electron chi connectivity index (χ4n) is 1.94. The first-order chi connectivity index (χ1) is 11.7. The lowest BCUT2D eigenvalue weighted by Crippen LogP contribution is -1.93. The third-order valence-electron chi connectivity index (χ3n) is 3.20. The van der Waals surface area contributed by atoms with Crippen LogP contribution in [0.2, 0.25) is 0 Å². The summed E-state index contributed by atoms with van der Waals surface area (Å²) in [5.74, 6) is 1.75. The van der Waals surface area contributed by atoms with Crippen molar-refractivity contribution in [1.82, 2.24) is 20.6 Å². The number of ether oxygens (including phenoxy) is 1. The quantitative estimate of drug-likeness (QED) is 0.700. The van der Waals surface area contributed by atoms with Crippen LogP contribution in [0.3, 0.4) is 0 Å². The van der Waals surface area contributed by atoms with Gasteiger partial charge >= 0.3 is 0 Å². The van der Waals surface area contributed by atoms with Gasteiger partial charge in [-0.2, -0.15) is 10.5 Å². The van der Waals surface area contributed by atoms with E-state index in [-0.39, 0.29) is 11.4 Å². The van der Waals surface area contributed by atoms with Crippen LogP contribution in [0.15, 0.2) is 54.7 Å². The molecule has 0 saturated carbocycles. The Balaban J connectivity index is 1.66. The Labute approximate surface area is 138 Å². The largest absolute Gasteiger partial charge is 0.457 e. The van der Waals surface area contributed by atoms with Crippen molar-refractivity contribution < 1.29 is 4.74 Å². The van der Waals surface area contributed by atoms with Crippen molar-refractivity contribution in [3.8, 4) is 17.6 Å². The number of benzene rings is 2. The normalized spacial score (nSPS) is 10.9. The molecule has 1 aromatic heterocycles. The van der Waals surface area contributed by atoms with Gasteiger partial charge in [0, 0.05) is 11.9 Å². The molecule has 2 aromatic carbocycles. The van der Waals surface area contributed by atoms with Crippen molar-refractivity contribution in [3.05, 3.63) is 66.1 Å². The van der Waals surface area contributed by atoms with Gasteiger partial charge < -0.3 is 10.1 Å². The molecule has 7 nitrogen and oxygen atoms in total. The summed E-state index contributed by atoms with van der Waals surface area (Å²) in [7, 11) is 0. The predicted molar refractivity (Wildman–Crippen MR) is 89.1 cm³/mol. The molecule has 3 rings (SSSR count). The van der Waals surface area contributed by atoms with Gasteiger partial charge in [-0.3, -0.25) is 0 Å². The molecule has 118 valence electrons. The number of rotatable bonds is 5. The molecule has 0 atom stereocenters. The third kappa shape index (κ3) is 3.75. The van der Waals surface area contributed by atoms with Crippen molar-refractivity contribution in [2.45, 2.75) is 6.92 Å². The van der Waals surface area contributed by atoms with Gasteiger partial charge in [0.15, 0.2) is 0 Å². The maximum Gasteiger partial charge on any atom is 0.216 e. The second kappa shape index (κ2) is 7.07. The van der Waals surface area contributed by atoms with Crippen molar-refractivity contribution in [1.29, 1.82) is 5.26 Å². The van der Waals surface area contributed by atoms with Gasteiger partial charge in [0.2, 0.25) is 5.82 Å². The molecule has 0 bridgehead atoms. The Morgan fingerprint density at radius 2 is 1.79 bits per heavy atom. The highest BCUT2D eigenvalue weighted by Crippen LogP contribution is 2.23. The van der Waals surface area contributed by atoms with Gasteiger partial charge in [0.05, 0.1) is 0 Å². The summed E-state index contributed by atoms with van der Waals surface area (Å²) in [4.78, 5) is 0. The van der Waals surface area contributed by atoms with E-state index < -0.39 is 0 Å². The van der Waals surface area contributed by atoms with E-state index in [9.17, 15) is 0 Å². The van der Waals surface area contributed by atoms with E-state index in [1.165, 1.54) is 11.8 Å². The Morgan fingerprint density at radius 3 is 2.38 bits per heavy atom. The Morgan fingerprint density at radius 1 is 1.12 bits per heavy atom. The molecule has 0 unspecified atom stereocenters. The molecule has 1 heterocycles. The maximum absolute atomic E-state index is 9.10. The van der Waals surface area contributed by atoms with Crippen LogP contribution in [0.5, 0.6) is 11.5 Å². The average molecular weight is 318 g/mol. The molecule has 0 radical (unpaired) electrons. The molecule has 0 amide bonds. The number of aromatic amines is 1. The lowest BCUT2D eigenvalue weighted by Gasteiger charge is -2.07. The number of hydrogen-bond acceptors (Lipinski definition) is 6. The van der Waals surface area contributed by atoms with Gasteiger partial charge in [-0.1, -0.05) is 17.7 Å². The minimum Gasteiger partial charge on any atom is -0.457 e. The molecule has 24 heavy (non-hydrogen) atoms. The monoisotopic (exact) mass is 318 g/mol. The molecule has 0 aliphatic carbocycles. The third-order valence-corrected chi connectivity index (χ3v) is 3.20. The zero-order chi connectivity index (χ0) is 16.8. The molecule has 3 aromatic rings.